The maximum absolute atomic E-state index is 13.1. The molecule has 0 radical (unpaired) electrons. The fourth-order valence-corrected chi connectivity index (χ4v) is 3.79. The van der Waals surface area contributed by atoms with Gasteiger partial charge in [0.2, 0.25) is 5.95 Å². The SMILES string of the molecule is CCc1cnc(N(CCc2ccc(OCC(=O)O)c(Br)c2)Cc2ccc(OC(C)(F)F)cc2)nc1. The van der Waals surface area contributed by atoms with E-state index in [0.29, 0.717) is 42.6 Å². The monoisotopic (exact) mass is 549 g/mol. The van der Waals surface area contributed by atoms with Crippen molar-refractivity contribution in [2.24, 2.45) is 0 Å². The molecule has 0 aliphatic heterocycles. The average molecular weight is 550 g/mol. The van der Waals surface area contributed by atoms with Crippen molar-refractivity contribution in [1.29, 1.82) is 0 Å². The Bertz CT molecular complexity index is 1120. The normalized spacial score (nSPS) is 11.2. The third-order valence-corrected chi connectivity index (χ3v) is 5.61. The molecule has 3 aromatic rings. The van der Waals surface area contributed by atoms with E-state index in [9.17, 15) is 13.6 Å². The smallest absolute Gasteiger partial charge is 0.394 e. The molecule has 0 saturated carbocycles. The molecule has 35 heavy (non-hydrogen) atoms. The number of benzene rings is 2. The predicted molar refractivity (Wildman–Crippen MR) is 131 cm³/mol. The summed E-state index contributed by atoms with van der Waals surface area (Å²) in [5.41, 5.74) is 2.92. The summed E-state index contributed by atoms with van der Waals surface area (Å²) in [6.45, 7) is 3.36. The van der Waals surface area contributed by atoms with Crippen LogP contribution in [0.15, 0.2) is 59.3 Å². The lowest BCUT2D eigenvalue weighted by atomic mass is 10.1. The number of aryl methyl sites for hydroxylation is 1. The minimum Gasteiger partial charge on any atom is -0.481 e. The van der Waals surface area contributed by atoms with Crippen LogP contribution in [0.25, 0.3) is 0 Å². The molecule has 0 aliphatic carbocycles. The van der Waals surface area contributed by atoms with Crippen LogP contribution in [0.5, 0.6) is 11.5 Å². The molecule has 186 valence electrons. The molecular weight excluding hydrogens is 524 g/mol. The quantitative estimate of drug-likeness (QED) is 0.319. The van der Waals surface area contributed by atoms with E-state index in [2.05, 4.69) is 30.6 Å². The van der Waals surface area contributed by atoms with E-state index in [0.717, 1.165) is 23.1 Å². The second-order valence-corrected chi connectivity index (χ2v) is 8.77. The van der Waals surface area contributed by atoms with Gasteiger partial charge in [-0.25, -0.2) is 14.8 Å². The van der Waals surface area contributed by atoms with Gasteiger partial charge in [-0.05, 0) is 69.7 Å². The average Bonchev–Trinajstić information content (AvgIpc) is 2.81. The summed E-state index contributed by atoms with van der Waals surface area (Å²) in [5, 5.41) is 8.79. The molecule has 0 unspecified atom stereocenters. The number of alkyl halides is 2. The molecule has 0 bridgehead atoms. The lowest BCUT2D eigenvalue weighted by Crippen LogP contribution is -2.27. The number of rotatable bonds is 12. The van der Waals surface area contributed by atoms with Crippen molar-refractivity contribution < 1.29 is 28.2 Å². The summed E-state index contributed by atoms with van der Waals surface area (Å²) < 4.78 is 36.7. The number of nitrogens with zero attached hydrogens (tertiary/aromatic N) is 3. The fourth-order valence-electron chi connectivity index (χ4n) is 3.25. The van der Waals surface area contributed by atoms with Crippen molar-refractivity contribution in [3.05, 3.63) is 76.0 Å². The number of anilines is 1. The fraction of sp³-hybridized carbons (Fsp3) is 0.320. The zero-order valence-electron chi connectivity index (χ0n) is 19.4. The summed E-state index contributed by atoms with van der Waals surface area (Å²) in [6, 6.07) is 12.0. The molecule has 0 spiro atoms. The number of halogens is 3. The Kier molecular flexibility index (Phi) is 8.97. The summed E-state index contributed by atoms with van der Waals surface area (Å²) in [7, 11) is 0. The van der Waals surface area contributed by atoms with Gasteiger partial charge in [-0.3, -0.25) is 0 Å². The second-order valence-electron chi connectivity index (χ2n) is 7.92. The highest BCUT2D eigenvalue weighted by Crippen LogP contribution is 2.27. The van der Waals surface area contributed by atoms with Crippen LogP contribution in [0.4, 0.5) is 14.7 Å². The van der Waals surface area contributed by atoms with E-state index in [-0.39, 0.29) is 5.75 Å². The predicted octanol–water partition coefficient (Wildman–Crippen LogP) is 5.51. The number of aromatic nitrogens is 2. The zero-order chi connectivity index (χ0) is 25.4. The van der Waals surface area contributed by atoms with Gasteiger partial charge in [0.25, 0.3) is 0 Å². The number of aliphatic carboxylic acids is 1. The van der Waals surface area contributed by atoms with E-state index >= 15 is 0 Å². The van der Waals surface area contributed by atoms with Gasteiger partial charge in [0.05, 0.1) is 4.47 Å². The van der Waals surface area contributed by atoms with E-state index in [4.69, 9.17) is 9.84 Å². The standard InChI is InChI=1S/C25H26BrF2N3O4/c1-3-17-13-29-24(30-14-17)31(15-19-4-7-20(8-5-19)35-25(2,27)28)11-10-18-6-9-22(21(26)12-18)34-16-23(32)33/h4-9,12-14H,3,10-11,15-16H2,1-2H3,(H,32,33). The number of hydrogen-bond donors (Lipinski definition) is 1. The molecule has 1 aromatic heterocycles. The van der Waals surface area contributed by atoms with Crippen LogP contribution >= 0.6 is 15.9 Å². The Labute approximate surface area is 210 Å². The van der Waals surface area contributed by atoms with Crippen molar-refractivity contribution >= 4 is 27.8 Å². The van der Waals surface area contributed by atoms with Crippen molar-refractivity contribution in [3.63, 3.8) is 0 Å². The van der Waals surface area contributed by atoms with Crippen LogP contribution in [0, 0.1) is 0 Å². The first kappa shape index (κ1) is 26.3. The number of carboxylic acids is 1. The summed E-state index contributed by atoms with van der Waals surface area (Å²) in [4.78, 5) is 21.7. The van der Waals surface area contributed by atoms with Crippen LogP contribution in [0.1, 0.15) is 30.5 Å². The molecule has 10 heteroatoms. The van der Waals surface area contributed by atoms with Crippen LogP contribution in [0.2, 0.25) is 0 Å². The van der Waals surface area contributed by atoms with Gasteiger partial charge in [0.1, 0.15) is 11.5 Å². The number of carbonyl (C=O) groups is 1. The number of hydrogen-bond acceptors (Lipinski definition) is 6. The van der Waals surface area contributed by atoms with Gasteiger partial charge in [0, 0.05) is 32.4 Å². The zero-order valence-corrected chi connectivity index (χ0v) is 21.0. The Balaban J connectivity index is 1.74. The lowest BCUT2D eigenvalue weighted by Gasteiger charge is -2.23. The minimum atomic E-state index is -3.25. The molecule has 3 rings (SSSR count). The first-order valence-electron chi connectivity index (χ1n) is 11.0. The van der Waals surface area contributed by atoms with Crippen LogP contribution < -0.4 is 14.4 Å². The topological polar surface area (TPSA) is 84.8 Å². The van der Waals surface area contributed by atoms with Gasteiger partial charge in [-0.15, -0.1) is 0 Å². The lowest BCUT2D eigenvalue weighted by molar-refractivity contribution is -0.159. The molecular formula is C25H26BrF2N3O4. The van der Waals surface area contributed by atoms with Gasteiger partial charge < -0.3 is 19.5 Å². The molecule has 0 aliphatic rings. The Morgan fingerprint density at radius 1 is 1.09 bits per heavy atom. The van der Waals surface area contributed by atoms with Gasteiger partial charge in [-0.2, -0.15) is 8.78 Å². The summed E-state index contributed by atoms with van der Waals surface area (Å²) >= 11 is 3.42. The molecule has 0 fully saturated rings. The summed E-state index contributed by atoms with van der Waals surface area (Å²) in [6.07, 6.45) is 1.82. The molecule has 7 nitrogen and oxygen atoms in total. The third-order valence-electron chi connectivity index (χ3n) is 4.99. The first-order chi connectivity index (χ1) is 16.6. The molecule has 2 aromatic carbocycles. The number of ether oxygens (including phenoxy) is 2. The van der Waals surface area contributed by atoms with E-state index < -0.39 is 18.7 Å². The van der Waals surface area contributed by atoms with Crippen LogP contribution in [0.3, 0.4) is 0 Å². The Morgan fingerprint density at radius 3 is 2.31 bits per heavy atom. The first-order valence-corrected chi connectivity index (χ1v) is 11.8. The molecule has 1 N–H and O–H groups in total. The van der Waals surface area contributed by atoms with Gasteiger partial charge in [-0.1, -0.05) is 25.1 Å². The Morgan fingerprint density at radius 2 is 1.74 bits per heavy atom. The highest BCUT2D eigenvalue weighted by molar-refractivity contribution is 9.10. The van der Waals surface area contributed by atoms with Crippen LogP contribution in [-0.4, -0.2) is 40.3 Å². The second kappa shape index (κ2) is 11.9. The van der Waals surface area contributed by atoms with Crippen molar-refractivity contribution in [1.82, 2.24) is 9.97 Å². The minimum absolute atomic E-state index is 0.0893. The highest BCUT2D eigenvalue weighted by atomic mass is 79.9. The van der Waals surface area contributed by atoms with Crippen molar-refractivity contribution in [3.8, 4) is 11.5 Å². The third kappa shape index (κ3) is 8.47. The molecule has 0 amide bonds. The van der Waals surface area contributed by atoms with Crippen LogP contribution in [-0.2, 0) is 24.2 Å². The molecule has 1 heterocycles. The van der Waals surface area contributed by atoms with E-state index in [1.165, 1.54) is 12.1 Å². The maximum Gasteiger partial charge on any atom is 0.394 e. The van der Waals surface area contributed by atoms with E-state index in [1.807, 2.05) is 24.0 Å². The molecule has 0 saturated heterocycles. The summed E-state index contributed by atoms with van der Waals surface area (Å²) in [5.74, 6) is 0.0506. The number of carboxylic acid groups (broad SMARTS) is 1. The van der Waals surface area contributed by atoms with Gasteiger partial charge >= 0.3 is 12.1 Å². The maximum atomic E-state index is 13.1. The largest absolute Gasteiger partial charge is 0.481 e. The van der Waals surface area contributed by atoms with Crippen molar-refractivity contribution in [2.75, 3.05) is 18.1 Å². The molecule has 0 atom stereocenters. The van der Waals surface area contributed by atoms with Crippen molar-refractivity contribution in [2.45, 2.75) is 39.3 Å². The Hall–Kier alpha value is -3.27. The van der Waals surface area contributed by atoms with E-state index in [1.54, 1.807) is 30.6 Å². The van der Waals surface area contributed by atoms with Gasteiger partial charge in [0.15, 0.2) is 6.61 Å². The highest BCUT2D eigenvalue weighted by Gasteiger charge is 2.23.